The highest BCUT2D eigenvalue weighted by Crippen LogP contribution is 2.34. The monoisotopic (exact) mass is 198 g/mol. The average Bonchev–Trinajstić information content (AvgIpc) is 2.88. The summed E-state index contributed by atoms with van der Waals surface area (Å²) in [5.41, 5.74) is 0. The Hall–Kier alpha value is -0.0800. The first-order chi connectivity index (χ1) is 6.65. The highest BCUT2D eigenvalue weighted by molar-refractivity contribution is 4.81. The van der Waals surface area contributed by atoms with E-state index in [0.29, 0.717) is 6.04 Å². The van der Waals surface area contributed by atoms with Gasteiger partial charge in [-0.3, -0.25) is 4.90 Å². The summed E-state index contributed by atoms with van der Waals surface area (Å²) in [4.78, 5) is 2.62. The van der Waals surface area contributed by atoms with Crippen LogP contribution in [0.25, 0.3) is 0 Å². The molecule has 1 N–H and O–H groups in total. The fraction of sp³-hybridized carbons (Fsp3) is 1.00. The topological polar surface area (TPSA) is 15.3 Å². The standard InChI is InChI=1S/C12H26N2/c1-10(2)14(8-7-13-4)11(3)9-12-5-6-12/h10-13H,5-9H2,1-4H3. The summed E-state index contributed by atoms with van der Waals surface area (Å²) >= 11 is 0. The molecule has 1 aliphatic carbocycles. The van der Waals surface area contributed by atoms with Crippen LogP contribution in [-0.4, -0.2) is 37.1 Å². The van der Waals surface area contributed by atoms with Crippen LogP contribution in [0.15, 0.2) is 0 Å². The lowest BCUT2D eigenvalue weighted by molar-refractivity contribution is 0.154. The van der Waals surface area contributed by atoms with Gasteiger partial charge in [0.25, 0.3) is 0 Å². The first kappa shape index (κ1) is 12.0. The number of likely N-dealkylation sites (N-methyl/N-ethyl adjacent to an activating group) is 1. The first-order valence-corrected chi connectivity index (χ1v) is 6.05. The van der Waals surface area contributed by atoms with Crippen molar-refractivity contribution in [3.63, 3.8) is 0 Å². The molecule has 1 rings (SSSR count). The maximum atomic E-state index is 3.24. The van der Waals surface area contributed by atoms with Gasteiger partial charge >= 0.3 is 0 Å². The highest BCUT2D eigenvalue weighted by Gasteiger charge is 2.26. The Labute approximate surface area is 89.1 Å². The van der Waals surface area contributed by atoms with Crippen LogP contribution in [-0.2, 0) is 0 Å². The van der Waals surface area contributed by atoms with Gasteiger partial charge in [-0.1, -0.05) is 12.8 Å². The van der Waals surface area contributed by atoms with Crippen molar-refractivity contribution in [3.8, 4) is 0 Å². The van der Waals surface area contributed by atoms with Gasteiger partial charge in [-0.25, -0.2) is 0 Å². The third kappa shape index (κ3) is 3.97. The molecule has 14 heavy (non-hydrogen) atoms. The van der Waals surface area contributed by atoms with Crippen molar-refractivity contribution in [2.75, 3.05) is 20.1 Å². The molecule has 0 aliphatic heterocycles. The van der Waals surface area contributed by atoms with Gasteiger partial charge in [0.15, 0.2) is 0 Å². The van der Waals surface area contributed by atoms with Crippen LogP contribution in [0.4, 0.5) is 0 Å². The molecule has 1 aliphatic rings. The van der Waals surface area contributed by atoms with Crippen LogP contribution in [0, 0.1) is 5.92 Å². The summed E-state index contributed by atoms with van der Waals surface area (Å²) in [6.45, 7) is 9.28. The molecule has 0 amide bonds. The zero-order valence-electron chi connectivity index (χ0n) is 10.2. The normalized spacial score (nSPS) is 19.3. The van der Waals surface area contributed by atoms with Crippen molar-refractivity contribution in [3.05, 3.63) is 0 Å². The van der Waals surface area contributed by atoms with Crippen molar-refractivity contribution in [1.29, 1.82) is 0 Å². The minimum atomic E-state index is 0.678. The predicted octanol–water partition coefficient (Wildman–Crippen LogP) is 2.10. The van der Waals surface area contributed by atoms with E-state index in [1.807, 2.05) is 7.05 Å². The van der Waals surface area contributed by atoms with Gasteiger partial charge in [0.1, 0.15) is 0 Å². The Morgan fingerprint density at radius 3 is 2.36 bits per heavy atom. The van der Waals surface area contributed by atoms with Crippen molar-refractivity contribution >= 4 is 0 Å². The number of hydrogen-bond donors (Lipinski definition) is 1. The second kappa shape index (κ2) is 5.72. The van der Waals surface area contributed by atoms with Crippen LogP contribution < -0.4 is 5.32 Å². The van der Waals surface area contributed by atoms with Crippen molar-refractivity contribution in [1.82, 2.24) is 10.2 Å². The zero-order chi connectivity index (χ0) is 10.6. The molecular formula is C12H26N2. The van der Waals surface area contributed by atoms with Gasteiger partial charge in [0.05, 0.1) is 0 Å². The molecule has 0 saturated heterocycles. The Morgan fingerprint density at radius 2 is 1.93 bits per heavy atom. The average molecular weight is 198 g/mol. The molecule has 1 atom stereocenters. The van der Waals surface area contributed by atoms with Gasteiger partial charge in [-0.15, -0.1) is 0 Å². The fourth-order valence-electron chi connectivity index (χ4n) is 2.20. The van der Waals surface area contributed by atoms with E-state index in [1.165, 1.54) is 25.8 Å². The molecule has 0 aromatic carbocycles. The molecule has 0 heterocycles. The Kier molecular flexibility index (Phi) is 4.90. The second-order valence-electron chi connectivity index (χ2n) is 4.96. The van der Waals surface area contributed by atoms with Gasteiger partial charge in [0, 0.05) is 25.2 Å². The summed E-state index contributed by atoms with van der Waals surface area (Å²) in [6.07, 6.45) is 4.35. The van der Waals surface area contributed by atoms with E-state index >= 15 is 0 Å². The fourth-order valence-corrected chi connectivity index (χ4v) is 2.20. The van der Waals surface area contributed by atoms with Gasteiger partial charge < -0.3 is 5.32 Å². The lowest BCUT2D eigenvalue weighted by atomic mass is 10.1. The molecule has 1 fully saturated rings. The van der Waals surface area contributed by atoms with Crippen LogP contribution in [0.1, 0.15) is 40.0 Å². The highest BCUT2D eigenvalue weighted by atomic mass is 15.2. The molecule has 0 bridgehead atoms. The van der Waals surface area contributed by atoms with E-state index in [0.717, 1.165) is 18.5 Å². The van der Waals surface area contributed by atoms with Crippen molar-refractivity contribution < 1.29 is 0 Å². The van der Waals surface area contributed by atoms with Crippen molar-refractivity contribution in [2.45, 2.75) is 52.1 Å². The predicted molar refractivity (Wildman–Crippen MR) is 62.6 cm³/mol. The number of nitrogens with one attached hydrogen (secondary N) is 1. The van der Waals surface area contributed by atoms with E-state index in [9.17, 15) is 0 Å². The maximum absolute atomic E-state index is 3.24. The molecule has 0 aromatic rings. The summed E-state index contributed by atoms with van der Waals surface area (Å²) in [5.74, 6) is 1.04. The largest absolute Gasteiger partial charge is 0.318 e. The third-order valence-corrected chi connectivity index (χ3v) is 3.22. The van der Waals surface area contributed by atoms with Crippen LogP contribution in [0.2, 0.25) is 0 Å². The maximum Gasteiger partial charge on any atom is 0.0112 e. The molecule has 0 radical (unpaired) electrons. The third-order valence-electron chi connectivity index (χ3n) is 3.22. The number of rotatable bonds is 7. The molecule has 1 saturated carbocycles. The van der Waals surface area contributed by atoms with Gasteiger partial charge in [-0.2, -0.15) is 0 Å². The summed E-state index contributed by atoms with van der Waals surface area (Å²) < 4.78 is 0. The molecular weight excluding hydrogens is 172 g/mol. The number of hydrogen-bond acceptors (Lipinski definition) is 2. The molecule has 0 spiro atoms. The summed E-state index contributed by atoms with van der Waals surface area (Å²) in [5, 5.41) is 3.24. The Bertz CT molecular complexity index is 152. The Morgan fingerprint density at radius 1 is 1.29 bits per heavy atom. The van der Waals surface area contributed by atoms with Gasteiger partial charge in [-0.05, 0) is 40.2 Å². The molecule has 1 unspecified atom stereocenters. The quantitative estimate of drug-likeness (QED) is 0.674. The van der Waals surface area contributed by atoms with E-state index in [1.54, 1.807) is 0 Å². The molecule has 84 valence electrons. The van der Waals surface area contributed by atoms with Crippen LogP contribution in [0.5, 0.6) is 0 Å². The second-order valence-corrected chi connectivity index (χ2v) is 4.96. The zero-order valence-corrected chi connectivity index (χ0v) is 10.2. The number of nitrogens with zero attached hydrogens (tertiary/aromatic N) is 1. The lowest BCUT2D eigenvalue weighted by Crippen LogP contribution is -2.42. The minimum absolute atomic E-state index is 0.678. The van der Waals surface area contributed by atoms with Crippen molar-refractivity contribution in [2.24, 2.45) is 5.92 Å². The SMILES string of the molecule is CNCCN(C(C)C)C(C)CC1CC1. The van der Waals surface area contributed by atoms with Gasteiger partial charge in [0.2, 0.25) is 0 Å². The van der Waals surface area contributed by atoms with Crippen LogP contribution in [0.3, 0.4) is 0 Å². The van der Waals surface area contributed by atoms with E-state index in [2.05, 4.69) is 31.0 Å². The van der Waals surface area contributed by atoms with E-state index in [4.69, 9.17) is 0 Å². The molecule has 2 nitrogen and oxygen atoms in total. The van der Waals surface area contributed by atoms with E-state index < -0.39 is 0 Å². The van der Waals surface area contributed by atoms with E-state index in [-0.39, 0.29) is 0 Å². The minimum Gasteiger partial charge on any atom is -0.318 e. The Balaban J connectivity index is 2.30. The summed E-state index contributed by atoms with van der Waals surface area (Å²) in [7, 11) is 2.03. The first-order valence-electron chi connectivity index (χ1n) is 6.05. The summed E-state index contributed by atoms with van der Waals surface area (Å²) in [6, 6.07) is 1.44. The molecule has 2 heteroatoms. The lowest BCUT2D eigenvalue weighted by Gasteiger charge is -2.32. The van der Waals surface area contributed by atoms with Crippen LogP contribution >= 0.6 is 0 Å². The smallest absolute Gasteiger partial charge is 0.0112 e. The molecule has 0 aromatic heterocycles.